The van der Waals surface area contributed by atoms with Crippen LogP contribution in [-0.2, 0) is 4.74 Å². The predicted octanol–water partition coefficient (Wildman–Crippen LogP) is -0.0913. The first kappa shape index (κ1) is 7.98. The molecule has 0 radical (unpaired) electrons. The summed E-state index contributed by atoms with van der Waals surface area (Å²) in [6.45, 7) is 0.694. The molecule has 1 aliphatic rings. The third-order valence-corrected chi connectivity index (χ3v) is 1.77. The van der Waals surface area contributed by atoms with Crippen LogP contribution in [0, 0.1) is 0 Å². The van der Waals surface area contributed by atoms with E-state index in [1.165, 1.54) is 0 Å². The van der Waals surface area contributed by atoms with Crippen molar-refractivity contribution in [1.29, 1.82) is 0 Å². The third-order valence-electron chi connectivity index (χ3n) is 1.77. The second-order valence-electron chi connectivity index (χ2n) is 2.71. The van der Waals surface area contributed by atoms with Gasteiger partial charge < -0.3 is 14.9 Å². The van der Waals surface area contributed by atoms with E-state index in [1.54, 1.807) is 0 Å². The maximum absolute atomic E-state index is 9.20. The van der Waals surface area contributed by atoms with Crippen molar-refractivity contribution in [1.82, 2.24) is 0 Å². The van der Waals surface area contributed by atoms with Gasteiger partial charge in [-0.3, -0.25) is 0 Å². The van der Waals surface area contributed by atoms with Gasteiger partial charge in [0.1, 0.15) is 0 Å². The Labute approximate surface area is 60.6 Å². The Morgan fingerprint density at radius 2 is 2.30 bits per heavy atom. The van der Waals surface area contributed by atoms with Gasteiger partial charge in [0, 0.05) is 13.0 Å². The summed E-state index contributed by atoms with van der Waals surface area (Å²) >= 11 is 0. The summed E-state index contributed by atoms with van der Waals surface area (Å²) in [5.74, 6) is 0. The Hall–Kier alpha value is -0.120. The molecule has 0 aromatic rings. The van der Waals surface area contributed by atoms with Crippen molar-refractivity contribution in [2.75, 3.05) is 13.2 Å². The minimum atomic E-state index is -0.278. The highest BCUT2D eigenvalue weighted by molar-refractivity contribution is 4.67. The number of hydrogen-bond acceptors (Lipinski definition) is 3. The fraction of sp³-hybridized carbons (Fsp3) is 1.00. The van der Waals surface area contributed by atoms with Crippen molar-refractivity contribution in [3.63, 3.8) is 0 Å². The Balaban J connectivity index is 2.30. The molecule has 0 amide bonds. The summed E-state index contributed by atoms with van der Waals surface area (Å²) in [6, 6.07) is 0. The van der Waals surface area contributed by atoms with E-state index in [1.807, 2.05) is 0 Å². The highest BCUT2D eigenvalue weighted by atomic mass is 16.5. The summed E-state index contributed by atoms with van der Waals surface area (Å²) in [7, 11) is 0. The fourth-order valence-electron chi connectivity index (χ4n) is 1.19. The third kappa shape index (κ3) is 2.25. The van der Waals surface area contributed by atoms with Crippen LogP contribution in [0.5, 0.6) is 0 Å². The lowest BCUT2D eigenvalue weighted by Crippen LogP contribution is -2.20. The van der Waals surface area contributed by atoms with Gasteiger partial charge in [-0.1, -0.05) is 0 Å². The molecule has 2 atom stereocenters. The van der Waals surface area contributed by atoms with Crippen LogP contribution in [0.3, 0.4) is 0 Å². The van der Waals surface area contributed by atoms with Gasteiger partial charge in [0.15, 0.2) is 0 Å². The standard InChI is InChI=1S/C7H14O3/c8-5-7-4-6(9)2-1-3-10-7/h6-9H,1-5H2/t6-,7?/m0/s1. The molecule has 0 aromatic carbocycles. The number of aliphatic hydroxyl groups excluding tert-OH is 2. The van der Waals surface area contributed by atoms with Gasteiger partial charge in [0.25, 0.3) is 0 Å². The molecule has 2 N–H and O–H groups in total. The van der Waals surface area contributed by atoms with Gasteiger partial charge in [0.05, 0.1) is 18.8 Å². The molecule has 0 saturated carbocycles. The molecule has 1 rings (SSSR count). The molecule has 60 valence electrons. The first-order valence-corrected chi connectivity index (χ1v) is 3.73. The smallest absolute Gasteiger partial charge is 0.0830 e. The van der Waals surface area contributed by atoms with Crippen molar-refractivity contribution in [3.8, 4) is 0 Å². The van der Waals surface area contributed by atoms with Crippen molar-refractivity contribution < 1.29 is 14.9 Å². The van der Waals surface area contributed by atoms with Gasteiger partial charge >= 0.3 is 0 Å². The van der Waals surface area contributed by atoms with Gasteiger partial charge in [-0.25, -0.2) is 0 Å². The largest absolute Gasteiger partial charge is 0.394 e. The van der Waals surface area contributed by atoms with Gasteiger partial charge in [-0.05, 0) is 12.8 Å². The van der Waals surface area contributed by atoms with Gasteiger partial charge in [-0.2, -0.15) is 0 Å². The van der Waals surface area contributed by atoms with Crippen LogP contribution in [-0.4, -0.2) is 35.6 Å². The minimum Gasteiger partial charge on any atom is -0.394 e. The lowest BCUT2D eigenvalue weighted by molar-refractivity contribution is 0.00350. The summed E-state index contributed by atoms with van der Waals surface area (Å²) in [6.07, 6.45) is 1.86. The molecular formula is C7H14O3. The molecule has 10 heavy (non-hydrogen) atoms. The number of aliphatic hydroxyl groups is 2. The van der Waals surface area contributed by atoms with E-state index in [0.717, 1.165) is 12.8 Å². The maximum atomic E-state index is 9.20. The van der Waals surface area contributed by atoms with Crippen LogP contribution in [0.4, 0.5) is 0 Å². The van der Waals surface area contributed by atoms with Crippen molar-refractivity contribution >= 4 is 0 Å². The monoisotopic (exact) mass is 146 g/mol. The van der Waals surface area contributed by atoms with Gasteiger partial charge in [-0.15, -0.1) is 0 Å². The number of hydrogen-bond donors (Lipinski definition) is 2. The molecule has 3 nitrogen and oxygen atoms in total. The van der Waals surface area contributed by atoms with Crippen molar-refractivity contribution in [2.24, 2.45) is 0 Å². The summed E-state index contributed by atoms with van der Waals surface area (Å²) in [4.78, 5) is 0. The highest BCUT2D eigenvalue weighted by Gasteiger charge is 2.17. The first-order chi connectivity index (χ1) is 4.83. The maximum Gasteiger partial charge on any atom is 0.0830 e. The van der Waals surface area contributed by atoms with Crippen LogP contribution in [0.2, 0.25) is 0 Å². The lowest BCUT2D eigenvalue weighted by Gasteiger charge is -2.12. The minimum absolute atomic E-state index is 0.0249. The summed E-state index contributed by atoms with van der Waals surface area (Å²) < 4.78 is 5.21. The van der Waals surface area contributed by atoms with Crippen LogP contribution < -0.4 is 0 Å². The quantitative estimate of drug-likeness (QED) is 0.543. The average molecular weight is 146 g/mol. The fourth-order valence-corrected chi connectivity index (χ4v) is 1.19. The van der Waals surface area contributed by atoms with Crippen LogP contribution in [0.15, 0.2) is 0 Å². The van der Waals surface area contributed by atoms with Gasteiger partial charge in [0.2, 0.25) is 0 Å². The summed E-state index contributed by atoms with van der Waals surface area (Å²) in [5, 5.41) is 17.9. The molecule has 1 heterocycles. The van der Waals surface area contributed by atoms with Crippen molar-refractivity contribution in [2.45, 2.75) is 31.5 Å². The zero-order chi connectivity index (χ0) is 7.40. The molecule has 1 saturated heterocycles. The van der Waals surface area contributed by atoms with E-state index in [9.17, 15) is 5.11 Å². The summed E-state index contributed by atoms with van der Waals surface area (Å²) in [5.41, 5.74) is 0. The lowest BCUT2D eigenvalue weighted by atomic mass is 10.1. The Kier molecular flexibility index (Phi) is 3.12. The zero-order valence-electron chi connectivity index (χ0n) is 5.99. The second kappa shape index (κ2) is 3.91. The van der Waals surface area contributed by atoms with Crippen molar-refractivity contribution in [3.05, 3.63) is 0 Å². The van der Waals surface area contributed by atoms with Crippen LogP contribution >= 0.6 is 0 Å². The number of rotatable bonds is 1. The van der Waals surface area contributed by atoms with E-state index >= 15 is 0 Å². The van der Waals surface area contributed by atoms with E-state index in [-0.39, 0.29) is 18.8 Å². The molecule has 1 fully saturated rings. The predicted molar refractivity (Wildman–Crippen MR) is 36.7 cm³/mol. The zero-order valence-corrected chi connectivity index (χ0v) is 5.99. The average Bonchev–Trinajstić information content (AvgIpc) is 2.13. The molecule has 0 aromatic heterocycles. The first-order valence-electron chi connectivity index (χ1n) is 3.73. The number of ether oxygens (including phenoxy) is 1. The second-order valence-corrected chi connectivity index (χ2v) is 2.71. The van der Waals surface area contributed by atoms with E-state index in [2.05, 4.69) is 0 Å². The molecule has 0 bridgehead atoms. The Morgan fingerprint density at radius 3 is 3.00 bits per heavy atom. The van der Waals surface area contributed by atoms with E-state index < -0.39 is 0 Å². The van der Waals surface area contributed by atoms with E-state index in [4.69, 9.17) is 9.84 Å². The molecule has 1 aliphatic heterocycles. The molecular weight excluding hydrogens is 132 g/mol. The highest BCUT2D eigenvalue weighted by Crippen LogP contribution is 2.12. The Morgan fingerprint density at radius 1 is 1.50 bits per heavy atom. The normalized spacial score (nSPS) is 35.4. The molecule has 1 unspecified atom stereocenters. The van der Waals surface area contributed by atoms with Crippen LogP contribution in [0.25, 0.3) is 0 Å². The van der Waals surface area contributed by atoms with Crippen LogP contribution in [0.1, 0.15) is 19.3 Å². The molecule has 3 heteroatoms. The Bertz CT molecular complexity index is 94.9. The topological polar surface area (TPSA) is 49.7 Å². The SMILES string of the molecule is OCC1C[C@@H](O)CCCO1. The molecule has 0 spiro atoms. The molecule has 0 aliphatic carbocycles. The van der Waals surface area contributed by atoms with E-state index in [0.29, 0.717) is 13.0 Å².